The van der Waals surface area contributed by atoms with E-state index in [0.717, 1.165) is 47.4 Å². The average molecular weight is 411 g/mol. The van der Waals surface area contributed by atoms with Gasteiger partial charge in [-0.3, -0.25) is 4.21 Å². The minimum absolute atomic E-state index is 0.225. The Morgan fingerprint density at radius 2 is 2.14 bits per heavy atom. The third kappa shape index (κ3) is 3.04. The number of ether oxygens (including phenoxy) is 1. The van der Waals surface area contributed by atoms with Crippen molar-refractivity contribution in [2.45, 2.75) is 30.6 Å². The molecule has 0 bridgehead atoms. The summed E-state index contributed by atoms with van der Waals surface area (Å²) in [5.74, 6) is 5.57. The molecule has 7 heteroatoms. The van der Waals surface area contributed by atoms with E-state index in [1.165, 1.54) is 0 Å². The smallest absolute Gasteiger partial charge is 0.162 e. The zero-order valence-corrected chi connectivity index (χ0v) is 17.7. The monoisotopic (exact) mass is 410 g/mol. The normalized spacial score (nSPS) is 23.1. The lowest BCUT2D eigenvalue weighted by Gasteiger charge is -2.35. The summed E-state index contributed by atoms with van der Waals surface area (Å²) in [6, 6.07) is 10.4. The van der Waals surface area contributed by atoms with Gasteiger partial charge in [0, 0.05) is 41.5 Å². The second-order valence-electron chi connectivity index (χ2n) is 8.30. The number of morpholine rings is 1. The second kappa shape index (κ2) is 6.57. The van der Waals surface area contributed by atoms with Crippen molar-refractivity contribution in [2.24, 2.45) is 0 Å². The van der Waals surface area contributed by atoms with Crippen molar-refractivity contribution in [3.05, 3.63) is 42.2 Å². The third-order valence-corrected chi connectivity index (χ3v) is 8.48. The molecule has 1 aromatic carbocycles. The van der Waals surface area contributed by atoms with Crippen molar-refractivity contribution in [3.63, 3.8) is 0 Å². The van der Waals surface area contributed by atoms with Gasteiger partial charge in [-0.25, -0.2) is 9.97 Å². The van der Waals surface area contributed by atoms with Crippen LogP contribution in [-0.4, -0.2) is 57.1 Å². The maximum absolute atomic E-state index is 13.0. The molecular formula is C22H26N4O2S. The molecular weight excluding hydrogens is 384 g/mol. The van der Waals surface area contributed by atoms with Gasteiger partial charge in [-0.2, -0.15) is 0 Å². The molecule has 0 amide bonds. The number of aromatic amines is 1. The number of nitrogens with one attached hydrogen (secondary N) is 1. The maximum Gasteiger partial charge on any atom is 0.162 e. The molecule has 1 saturated heterocycles. The molecule has 152 valence electrons. The Morgan fingerprint density at radius 3 is 2.86 bits per heavy atom. The number of H-pyrrole nitrogens is 1. The van der Waals surface area contributed by atoms with E-state index in [4.69, 9.17) is 14.7 Å². The number of benzene rings is 1. The van der Waals surface area contributed by atoms with Crippen LogP contribution in [0.3, 0.4) is 0 Å². The van der Waals surface area contributed by atoms with Crippen LogP contribution in [0.25, 0.3) is 22.3 Å². The van der Waals surface area contributed by atoms with E-state index in [0.29, 0.717) is 19.0 Å². The van der Waals surface area contributed by atoms with E-state index in [1.54, 1.807) is 6.26 Å². The fraction of sp³-hybridized carbons (Fsp3) is 0.409. The van der Waals surface area contributed by atoms with E-state index >= 15 is 0 Å². The SMILES string of the molecule is C=S(C)(=O)C1(c2cc(N3CCOC[C@H]3C)nc(-c3cccc4[nH]ccc34)n2)CC1. The molecule has 1 aliphatic heterocycles. The number of hydrogen-bond acceptors (Lipinski definition) is 5. The van der Waals surface area contributed by atoms with Gasteiger partial charge in [0.25, 0.3) is 0 Å². The van der Waals surface area contributed by atoms with Gasteiger partial charge in [-0.05, 0) is 47.3 Å². The number of fused-ring (bicyclic) bond motifs is 1. The van der Waals surface area contributed by atoms with Gasteiger partial charge in [-0.15, -0.1) is 0 Å². The van der Waals surface area contributed by atoms with Crippen molar-refractivity contribution in [3.8, 4) is 11.4 Å². The van der Waals surface area contributed by atoms with E-state index in [-0.39, 0.29) is 6.04 Å². The van der Waals surface area contributed by atoms with Crippen molar-refractivity contribution in [1.82, 2.24) is 15.0 Å². The minimum Gasteiger partial charge on any atom is -0.377 e. The van der Waals surface area contributed by atoms with Gasteiger partial charge in [0.2, 0.25) is 0 Å². The summed E-state index contributed by atoms with van der Waals surface area (Å²) in [6.07, 6.45) is 5.40. The van der Waals surface area contributed by atoms with Crippen molar-refractivity contribution >= 4 is 32.1 Å². The number of anilines is 1. The zero-order valence-electron chi connectivity index (χ0n) is 16.9. The first-order chi connectivity index (χ1) is 13.9. The zero-order chi connectivity index (χ0) is 20.2. The highest BCUT2D eigenvalue weighted by Gasteiger charge is 2.51. The lowest BCUT2D eigenvalue weighted by molar-refractivity contribution is 0.0985. The molecule has 0 radical (unpaired) electrons. The molecule has 6 nitrogen and oxygen atoms in total. The molecule has 1 N–H and O–H groups in total. The summed E-state index contributed by atoms with van der Waals surface area (Å²) >= 11 is 0. The van der Waals surface area contributed by atoms with Crippen molar-refractivity contribution < 1.29 is 8.95 Å². The Bertz CT molecular complexity index is 1180. The lowest BCUT2D eigenvalue weighted by Crippen LogP contribution is -2.44. The molecule has 3 aromatic rings. The van der Waals surface area contributed by atoms with Crippen LogP contribution in [0, 0.1) is 0 Å². The molecule has 1 unspecified atom stereocenters. The summed E-state index contributed by atoms with van der Waals surface area (Å²) in [6.45, 7) is 4.28. The minimum atomic E-state index is -2.28. The Morgan fingerprint density at radius 1 is 1.31 bits per heavy atom. The first-order valence-electron chi connectivity index (χ1n) is 10.0. The van der Waals surface area contributed by atoms with Gasteiger partial charge in [0.05, 0.1) is 29.7 Å². The molecule has 2 aromatic heterocycles. The van der Waals surface area contributed by atoms with Crippen LogP contribution in [-0.2, 0) is 19.0 Å². The van der Waals surface area contributed by atoms with E-state index in [2.05, 4.69) is 34.8 Å². The number of aromatic nitrogens is 3. The number of nitrogens with zero attached hydrogens (tertiary/aromatic N) is 3. The topological polar surface area (TPSA) is 71.1 Å². The van der Waals surface area contributed by atoms with E-state index in [9.17, 15) is 4.21 Å². The molecule has 3 heterocycles. The van der Waals surface area contributed by atoms with E-state index in [1.807, 2.05) is 24.4 Å². The highest BCUT2D eigenvalue weighted by molar-refractivity contribution is 8.00. The predicted molar refractivity (Wildman–Crippen MR) is 119 cm³/mol. The van der Waals surface area contributed by atoms with Crippen LogP contribution < -0.4 is 4.90 Å². The largest absolute Gasteiger partial charge is 0.377 e. The summed E-state index contributed by atoms with van der Waals surface area (Å²) in [7, 11) is -2.28. The first kappa shape index (κ1) is 18.6. The van der Waals surface area contributed by atoms with Crippen LogP contribution in [0.1, 0.15) is 25.5 Å². The quantitative estimate of drug-likeness (QED) is 0.669. The highest BCUT2D eigenvalue weighted by atomic mass is 32.2. The van der Waals surface area contributed by atoms with E-state index < -0.39 is 14.3 Å². The molecule has 29 heavy (non-hydrogen) atoms. The molecule has 2 fully saturated rings. The first-order valence-corrected chi connectivity index (χ1v) is 12.1. The maximum atomic E-state index is 13.0. The van der Waals surface area contributed by atoms with Gasteiger partial charge < -0.3 is 14.6 Å². The van der Waals surface area contributed by atoms with Crippen LogP contribution in [0.4, 0.5) is 5.82 Å². The van der Waals surface area contributed by atoms with Crippen LogP contribution in [0.2, 0.25) is 0 Å². The third-order valence-electron chi connectivity index (χ3n) is 6.21. The molecule has 0 spiro atoms. The van der Waals surface area contributed by atoms with Gasteiger partial charge in [0.15, 0.2) is 5.82 Å². The summed E-state index contributed by atoms with van der Waals surface area (Å²) < 4.78 is 18.2. The Kier molecular flexibility index (Phi) is 4.22. The fourth-order valence-corrected chi connectivity index (χ4v) is 5.82. The average Bonchev–Trinajstić information content (AvgIpc) is 3.39. The van der Waals surface area contributed by atoms with Crippen LogP contribution in [0.5, 0.6) is 0 Å². The summed E-state index contributed by atoms with van der Waals surface area (Å²) in [5, 5.41) is 1.09. The predicted octanol–water partition coefficient (Wildman–Crippen LogP) is 3.19. The van der Waals surface area contributed by atoms with Crippen molar-refractivity contribution in [2.75, 3.05) is 30.9 Å². The summed E-state index contributed by atoms with van der Waals surface area (Å²) in [4.78, 5) is 15.4. The Balaban J connectivity index is 1.72. The standard InChI is InChI=1S/C22H26N4O2S/c1-15-14-28-12-11-26(15)20-13-19(22(8-9-22)29(2,3)27)24-21(25-20)17-5-4-6-18-16(17)7-10-23-18/h4-7,10,13,15,23H,2,8-9,11-12,14H2,1,3H3/t15-,29?/m1/s1. The molecule has 5 rings (SSSR count). The van der Waals surface area contributed by atoms with Gasteiger partial charge in [-0.1, -0.05) is 12.1 Å². The van der Waals surface area contributed by atoms with Crippen LogP contribution >= 0.6 is 0 Å². The van der Waals surface area contributed by atoms with Crippen LogP contribution in [0.15, 0.2) is 36.5 Å². The number of hydrogen-bond donors (Lipinski definition) is 1. The Labute approximate surface area is 171 Å². The highest BCUT2D eigenvalue weighted by Crippen LogP contribution is 2.52. The fourth-order valence-electron chi connectivity index (χ4n) is 4.31. The second-order valence-corrected chi connectivity index (χ2v) is 11.1. The molecule has 2 atom stereocenters. The van der Waals surface area contributed by atoms with Gasteiger partial charge >= 0.3 is 0 Å². The lowest BCUT2D eigenvalue weighted by atomic mass is 10.1. The molecule has 1 aliphatic carbocycles. The molecule has 1 saturated carbocycles. The molecule has 2 aliphatic rings. The number of rotatable bonds is 4. The Hall–Kier alpha value is -2.38. The summed E-state index contributed by atoms with van der Waals surface area (Å²) in [5.41, 5.74) is 2.89. The van der Waals surface area contributed by atoms with Crippen molar-refractivity contribution in [1.29, 1.82) is 0 Å². The van der Waals surface area contributed by atoms with Gasteiger partial charge in [0.1, 0.15) is 5.82 Å².